The van der Waals surface area contributed by atoms with Crippen molar-refractivity contribution < 1.29 is 9.59 Å². The molecule has 2 rings (SSSR count). The number of nitrogens with one attached hydrogen (secondary N) is 1. The van der Waals surface area contributed by atoms with Crippen LogP contribution in [0.15, 0.2) is 0 Å². The molecule has 0 bridgehead atoms. The van der Waals surface area contributed by atoms with Crippen molar-refractivity contribution in [2.75, 3.05) is 13.1 Å². The van der Waals surface area contributed by atoms with Crippen molar-refractivity contribution >= 4 is 12.3 Å². The lowest BCUT2D eigenvalue weighted by Gasteiger charge is -2.21. The third-order valence-corrected chi connectivity index (χ3v) is 3.70. The number of carbonyl (C=O) groups is 2. The lowest BCUT2D eigenvalue weighted by molar-refractivity contribution is -0.126. The number of amides is 2. The van der Waals surface area contributed by atoms with E-state index in [2.05, 4.69) is 5.32 Å². The molecule has 0 unspecified atom stereocenters. The van der Waals surface area contributed by atoms with Crippen molar-refractivity contribution in [2.24, 2.45) is 5.92 Å². The van der Waals surface area contributed by atoms with Crippen LogP contribution in [0.4, 0.5) is 0 Å². The van der Waals surface area contributed by atoms with Crippen LogP contribution >= 0.6 is 0 Å². The molecular weight excluding hydrogens is 240 g/mol. The van der Waals surface area contributed by atoms with Gasteiger partial charge in [-0.25, -0.2) is 0 Å². The van der Waals surface area contributed by atoms with Gasteiger partial charge in [-0.3, -0.25) is 9.59 Å². The summed E-state index contributed by atoms with van der Waals surface area (Å²) in [6.07, 6.45) is 9.28. The molecule has 2 amide bonds. The molecule has 0 aromatic carbocycles. The zero-order valence-corrected chi connectivity index (χ0v) is 12.4. The van der Waals surface area contributed by atoms with Crippen LogP contribution in [0, 0.1) is 5.92 Å². The van der Waals surface area contributed by atoms with Crippen LogP contribution < -0.4 is 5.32 Å². The van der Waals surface area contributed by atoms with Crippen LogP contribution in [-0.2, 0) is 9.59 Å². The Morgan fingerprint density at radius 2 is 1.68 bits per heavy atom. The van der Waals surface area contributed by atoms with Gasteiger partial charge in [-0.1, -0.05) is 19.3 Å². The standard InChI is InChI=1S/C10H19NO.C5H9NO/c1-8(2)11-10(12)9-6-4-3-5-7-9;7-5-6-3-1-2-4-6/h8-9H,3-7H2,1-2H3,(H,11,12);5H,1-4H2. The largest absolute Gasteiger partial charge is 0.354 e. The molecule has 0 spiro atoms. The first kappa shape index (κ1) is 16.0. The number of hydrogen-bond acceptors (Lipinski definition) is 2. The van der Waals surface area contributed by atoms with Crippen LogP contribution in [0.1, 0.15) is 58.8 Å². The first-order valence-corrected chi connectivity index (χ1v) is 7.63. The summed E-state index contributed by atoms with van der Waals surface area (Å²) in [7, 11) is 0. The fourth-order valence-electron chi connectivity index (χ4n) is 2.61. The van der Waals surface area contributed by atoms with Gasteiger partial charge in [-0.2, -0.15) is 0 Å². The van der Waals surface area contributed by atoms with Gasteiger partial charge in [-0.15, -0.1) is 0 Å². The van der Waals surface area contributed by atoms with Gasteiger partial charge in [0.25, 0.3) is 0 Å². The summed E-state index contributed by atoms with van der Waals surface area (Å²) in [4.78, 5) is 23.2. The van der Waals surface area contributed by atoms with Crippen molar-refractivity contribution in [3.63, 3.8) is 0 Å². The van der Waals surface area contributed by atoms with Crippen LogP contribution in [0.2, 0.25) is 0 Å². The lowest BCUT2D eigenvalue weighted by Crippen LogP contribution is -2.36. The summed E-state index contributed by atoms with van der Waals surface area (Å²) >= 11 is 0. The minimum absolute atomic E-state index is 0.268. The maximum atomic E-state index is 11.5. The van der Waals surface area contributed by atoms with Crippen molar-refractivity contribution in [1.82, 2.24) is 10.2 Å². The smallest absolute Gasteiger partial charge is 0.223 e. The Balaban J connectivity index is 0.000000218. The molecular formula is C15H28N2O2. The molecule has 4 heteroatoms. The summed E-state index contributed by atoms with van der Waals surface area (Å²) in [5, 5.41) is 2.97. The van der Waals surface area contributed by atoms with Gasteiger partial charge < -0.3 is 10.2 Å². The van der Waals surface area contributed by atoms with E-state index in [0.717, 1.165) is 32.3 Å². The van der Waals surface area contributed by atoms with Gasteiger partial charge in [0.2, 0.25) is 12.3 Å². The second-order valence-corrected chi connectivity index (χ2v) is 5.85. The quantitative estimate of drug-likeness (QED) is 0.799. The molecule has 1 saturated heterocycles. The molecule has 1 aliphatic heterocycles. The maximum absolute atomic E-state index is 11.5. The van der Waals surface area contributed by atoms with Crippen molar-refractivity contribution in [3.05, 3.63) is 0 Å². The van der Waals surface area contributed by atoms with E-state index in [1.54, 1.807) is 4.90 Å². The summed E-state index contributed by atoms with van der Waals surface area (Å²) in [6.45, 7) is 5.98. The average Bonchev–Trinajstić information content (AvgIpc) is 2.93. The SMILES string of the molecule is CC(C)NC(=O)C1CCCCC1.O=CN1CCCC1. The van der Waals surface area contributed by atoms with E-state index in [1.807, 2.05) is 13.8 Å². The Morgan fingerprint density at radius 3 is 2.11 bits per heavy atom. The predicted octanol–water partition coefficient (Wildman–Crippen LogP) is 2.33. The highest BCUT2D eigenvalue weighted by Gasteiger charge is 2.20. The Bertz CT molecular complexity index is 267. The summed E-state index contributed by atoms with van der Waals surface area (Å²) < 4.78 is 0. The molecule has 19 heavy (non-hydrogen) atoms. The molecule has 0 aromatic heterocycles. The van der Waals surface area contributed by atoms with E-state index >= 15 is 0 Å². The van der Waals surface area contributed by atoms with E-state index in [-0.39, 0.29) is 5.91 Å². The summed E-state index contributed by atoms with van der Waals surface area (Å²) in [5.74, 6) is 0.575. The first-order valence-electron chi connectivity index (χ1n) is 7.63. The third-order valence-electron chi connectivity index (χ3n) is 3.70. The molecule has 1 saturated carbocycles. The van der Waals surface area contributed by atoms with Gasteiger partial charge in [0.1, 0.15) is 0 Å². The van der Waals surface area contributed by atoms with E-state index in [4.69, 9.17) is 0 Å². The van der Waals surface area contributed by atoms with Crippen LogP contribution in [-0.4, -0.2) is 36.3 Å². The summed E-state index contributed by atoms with van der Waals surface area (Å²) in [6, 6.07) is 0.291. The number of hydrogen-bond donors (Lipinski definition) is 1. The molecule has 0 radical (unpaired) electrons. The van der Waals surface area contributed by atoms with Crippen molar-refractivity contribution in [3.8, 4) is 0 Å². The molecule has 1 N–H and O–H groups in total. The number of rotatable bonds is 3. The highest BCUT2D eigenvalue weighted by molar-refractivity contribution is 5.78. The van der Waals surface area contributed by atoms with Crippen LogP contribution in [0.5, 0.6) is 0 Å². The van der Waals surface area contributed by atoms with E-state index < -0.39 is 0 Å². The second kappa shape index (κ2) is 8.94. The van der Waals surface area contributed by atoms with Crippen molar-refractivity contribution in [1.29, 1.82) is 0 Å². The minimum Gasteiger partial charge on any atom is -0.354 e. The van der Waals surface area contributed by atoms with Gasteiger partial charge in [0.05, 0.1) is 0 Å². The van der Waals surface area contributed by atoms with E-state index in [9.17, 15) is 9.59 Å². The number of carbonyl (C=O) groups excluding carboxylic acids is 2. The fourth-order valence-corrected chi connectivity index (χ4v) is 2.61. The minimum atomic E-state index is 0.268. The van der Waals surface area contributed by atoms with E-state index in [0.29, 0.717) is 12.0 Å². The van der Waals surface area contributed by atoms with Gasteiger partial charge in [0, 0.05) is 25.0 Å². The molecule has 2 fully saturated rings. The van der Waals surface area contributed by atoms with Crippen LogP contribution in [0.3, 0.4) is 0 Å². The lowest BCUT2D eigenvalue weighted by atomic mass is 9.88. The number of nitrogens with zero attached hydrogens (tertiary/aromatic N) is 1. The Hall–Kier alpha value is -1.06. The average molecular weight is 268 g/mol. The van der Waals surface area contributed by atoms with Gasteiger partial charge in [-0.05, 0) is 39.5 Å². The first-order chi connectivity index (χ1) is 9.13. The highest BCUT2D eigenvalue weighted by atomic mass is 16.2. The molecule has 4 nitrogen and oxygen atoms in total. The van der Waals surface area contributed by atoms with Crippen molar-refractivity contribution in [2.45, 2.75) is 64.8 Å². The second-order valence-electron chi connectivity index (χ2n) is 5.85. The zero-order valence-electron chi connectivity index (χ0n) is 12.4. The molecule has 0 aromatic rings. The Morgan fingerprint density at radius 1 is 1.11 bits per heavy atom. The molecule has 0 atom stereocenters. The maximum Gasteiger partial charge on any atom is 0.223 e. The molecule has 2 aliphatic rings. The predicted molar refractivity (Wildman–Crippen MR) is 76.7 cm³/mol. The molecule has 1 heterocycles. The van der Waals surface area contributed by atoms with Gasteiger partial charge in [0.15, 0.2) is 0 Å². The zero-order chi connectivity index (χ0) is 14.1. The normalized spacial score (nSPS) is 19.8. The van der Waals surface area contributed by atoms with Gasteiger partial charge >= 0.3 is 0 Å². The van der Waals surface area contributed by atoms with Crippen LogP contribution in [0.25, 0.3) is 0 Å². The monoisotopic (exact) mass is 268 g/mol. The Labute approximate surface area is 116 Å². The highest BCUT2D eigenvalue weighted by Crippen LogP contribution is 2.23. The molecule has 110 valence electrons. The Kier molecular flexibility index (Phi) is 7.53. The van der Waals surface area contributed by atoms with E-state index in [1.165, 1.54) is 32.1 Å². The number of likely N-dealkylation sites (tertiary alicyclic amines) is 1. The molecule has 1 aliphatic carbocycles. The topological polar surface area (TPSA) is 49.4 Å². The third kappa shape index (κ3) is 6.60. The summed E-state index contributed by atoms with van der Waals surface area (Å²) in [5.41, 5.74) is 0. The fraction of sp³-hybridized carbons (Fsp3) is 0.867.